The van der Waals surface area contributed by atoms with Crippen molar-refractivity contribution in [1.82, 2.24) is 0 Å². The molecule has 2 nitrogen and oxygen atoms in total. The van der Waals surface area contributed by atoms with E-state index in [9.17, 15) is 35.9 Å². The molecule has 2 rings (SSSR count). The first kappa shape index (κ1) is 19.4. The van der Waals surface area contributed by atoms with Gasteiger partial charge in [0.15, 0.2) is 6.29 Å². The van der Waals surface area contributed by atoms with Crippen molar-refractivity contribution >= 4 is 12.6 Å². The smallest absolute Gasteiger partial charge is 0.298 e. The summed E-state index contributed by atoms with van der Waals surface area (Å²) in [6.07, 6.45) is -8.24. The first-order valence-corrected chi connectivity index (χ1v) is 6.33. The van der Waals surface area contributed by atoms with Crippen LogP contribution in [0.2, 0.25) is 0 Å². The van der Waals surface area contributed by atoms with Crippen LogP contribution < -0.4 is 0 Å². The van der Waals surface area contributed by atoms with E-state index < -0.39 is 23.5 Å². The Labute approximate surface area is 132 Å². The van der Waals surface area contributed by atoms with Gasteiger partial charge in [-0.05, 0) is 18.2 Å². The van der Waals surface area contributed by atoms with Gasteiger partial charge in [0.05, 0.1) is 11.1 Å². The Kier molecular flexibility index (Phi) is 6.27. The second-order valence-electron chi connectivity index (χ2n) is 4.44. The molecule has 0 amide bonds. The average Bonchev–Trinajstić information content (AvgIpc) is 2.54. The molecule has 128 valence electrons. The second-order valence-corrected chi connectivity index (χ2v) is 4.44. The van der Waals surface area contributed by atoms with E-state index in [1.165, 1.54) is 24.3 Å². The van der Waals surface area contributed by atoms with Crippen molar-refractivity contribution in [2.24, 2.45) is 0 Å². The molecule has 0 saturated heterocycles. The van der Waals surface area contributed by atoms with Gasteiger partial charge in [-0.2, -0.15) is 26.3 Å². The summed E-state index contributed by atoms with van der Waals surface area (Å²) in [5.74, 6) is 0. The van der Waals surface area contributed by atoms with E-state index in [4.69, 9.17) is 0 Å². The largest absolute Gasteiger partial charge is 0.417 e. The molecule has 2 aromatic rings. The minimum atomic E-state index is -4.45. The number of rotatable bonds is 2. The number of benzene rings is 2. The van der Waals surface area contributed by atoms with Crippen molar-refractivity contribution in [3.05, 3.63) is 70.8 Å². The predicted molar refractivity (Wildman–Crippen MR) is 73.7 cm³/mol. The molecule has 0 unspecified atom stereocenters. The van der Waals surface area contributed by atoms with Crippen LogP contribution in [0, 0.1) is 0 Å². The van der Waals surface area contributed by atoms with Crippen molar-refractivity contribution < 1.29 is 35.9 Å². The quantitative estimate of drug-likeness (QED) is 0.563. The Bertz CT molecular complexity index is 704. The molecule has 0 bridgehead atoms. The van der Waals surface area contributed by atoms with Crippen LogP contribution in [-0.2, 0) is 12.4 Å². The third-order valence-corrected chi connectivity index (χ3v) is 2.74. The maximum Gasteiger partial charge on any atom is 0.417 e. The standard InChI is InChI=1S/2C8H5F3O/c9-8(10,11)7-3-1-2-6(4-7)5-12;9-8(10,11)7-4-2-1-3-6(7)5-12/h2*1-5H. The molecule has 0 aliphatic rings. The highest BCUT2D eigenvalue weighted by Gasteiger charge is 2.32. The highest BCUT2D eigenvalue weighted by atomic mass is 19.4. The van der Waals surface area contributed by atoms with Crippen LogP contribution in [0.1, 0.15) is 31.8 Å². The van der Waals surface area contributed by atoms with Crippen LogP contribution in [0.5, 0.6) is 0 Å². The van der Waals surface area contributed by atoms with E-state index in [1.807, 2.05) is 0 Å². The van der Waals surface area contributed by atoms with E-state index in [2.05, 4.69) is 0 Å². The van der Waals surface area contributed by atoms with Gasteiger partial charge in [-0.25, -0.2) is 0 Å². The van der Waals surface area contributed by atoms with Gasteiger partial charge >= 0.3 is 12.4 Å². The molecule has 0 aliphatic heterocycles. The number of aldehydes is 2. The van der Waals surface area contributed by atoms with E-state index in [-0.39, 0.29) is 17.4 Å². The third kappa shape index (κ3) is 5.53. The molecular weight excluding hydrogens is 338 g/mol. The molecule has 0 heterocycles. The summed E-state index contributed by atoms with van der Waals surface area (Å²) in [5, 5.41) is 0. The number of hydrogen-bond acceptors (Lipinski definition) is 2. The van der Waals surface area contributed by atoms with Crippen LogP contribution >= 0.6 is 0 Å². The van der Waals surface area contributed by atoms with Crippen molar-refractivity contribution in [2.75, 3.05) is 0 Å². The van der Waals surface area contributed by atoms with Crippen LogP contribution in [0.3, 0.4) is 0 Å². The van der Waals surface area contributed by atoms with Gasteiger partial charge in [0, 0.05) is 11.1 Å². The molecule has 0 atom stereocenters. The van der Waals surface area contributed by atoms with Crippen LogP contribution in [-0.4, -0.2) is 12.6 Å². The Balaban J connectivity index is 0.000000240. The van der Waals surface area contributed by atoms with Crippen molar-refractivity contribution in [3.8, 4) is 0 Å². The van der Waals surface area contributed by atoms with Gasteiger partial charge in [-0.15, -0.1) is 0 Å². The monoisotopic (exact) mass is 348 g/mol. The van der Waals surface area contributed by atoms with Gasteiger partial charge < -0.3 is 0 Å². The summed E-state index contributed by atoms with van der Waals surface area (Å²) in [5.41, 5.74) is -1.98. The number of carbonyl (C=O) groups is 2. The molecule has 0 aliphatic carbocycles. The van der Waals surface area contributed by atoms with E-state index >= 15 is 0 Å². The zero-order chi connectivity index (χ0) is 18.4. The Morgan fingerprint density at radius 1 is 0.708 bits per heavy atom. The Morgan fingerprint density at radius 2 is 1.33 bits per heavy atom. The van der Waals surface area contributed by atoms with E-state index in [0.717, 1.165) is 24.3 Å². The summed E-state index contributed by atoms with van der Waals surface area (Å²) in [6, 6.07) is 8.91. The highest BCUT2D eigenvalue weighted by Crippen LogP contribution is 2.31. The van der Waals surface area contributed by atoms with E-state index in [0.29, 0.717) is 6.29 Å². The normalized spacial score (nSPS) is 11.2. The maximum absolute atomic E-state index is 12.1. The topological polar surface area (TPSA) is 34.1 Å². The predicted octanol–water partition coefficient (Wildman–Crippen LogP) is 5.04. The van der Waals surface area contributed by atoms with Gasteiger partial charge in [0.25, 0.3) is 0 Å². The molecule has 0 saturated carbocycles. The lowest BCUT2D eigenvalue weighted by molar-refractivity contribution is -0.138. The second kappa shape index (κ2) is 7.76. The van der Waals surface area contributed by atoms with Gasteiger partial charge in [-0.1, -0.05) is 30.3 Å². The fourth-order valence-electron chi connectivity index (χ4n) is 1.65. The van der Waals surface area contributed by atoms with Crippen molar-refractivity contribution in [3.63, 3.8) is 0 Å². The molecular formula is C16H10F6O2. The van der Waals surface area contributed by atoms with Crippen molar-refractivity contribution in [2.45, 2.75) is 12.4 Å². The Hall–Kier alpha value is -2.64. The molecule has 0 aromatic heterocycles. The number of halogens is 6. The lowest BCUT2D eigenvalue weighted by Crippen LogP contribution is -2.08. The fraction of sp³-hybridized carbons (Fsp3) is 0.125. The first-order valence-electron chi connectivity index (χ1n) is 6.33. The molecule has 24 heavy (non-hydrogen) atoms. The highest BCUT2D eigenvalue weighted by molar-refractivity contribution is 5.77. The fourth-order valence-corrected chi connectivity index (χ4v) is 1.65. The molecule has 0 spiro atoms. The minimum Gasteiger partial charge on any atom is -0.298 e. The average molecular weight is 348 g/mol. The van der Waals surface area contributed by atoms with Gasteiger partial charge in [0.1, 0.15) is 6.29 Å². The number of hydrogen-bond donors (Lipinski definition) is 0. The lowest BCUT2D eigenvalue weighted by Gasteiger charge is -2.07. The van der Waals surface area contributed by atoms with E-state index in [1.54, 1.807) is 0 Å². The van der Waals surface area contributed by atoms with Crippen LogP contribution in [0.25, 0.3) is 0 Å². The summed E-state index contributed by atoms with van der Waals surface area (Å²) >= 11 is 0. The summed E-state index contributed by atoms with van der Waals surface area (Å²) in [7, 11) is 0. The third-order valence-electron chi connectivity index (χ3n) is 2.74. The molecule has 0 N–H and O–H groups in total. The summed E-state index contributed by atoms with van der Waals surface area (Å²) in [4.78, 5) is 20.3. The summed E-state index contributed by atoms with van der Waals surface area (Å²) in [6.45, 7) is 0. The molecule has 0 radical (unpaired) electrons. The molecule has 0 fully saturated rings. The first-order chi connectivity index (χ1) is 11.1. The maximum atomic E-state index is 12.1. The van der Waals surface area contributed by atoms with Gasteiger partial charge in [0.2, 0.25) is 0 Å². The Morgan fingerprint density at radius 3 is 1.79 bits per heavy atom. The zero-order valence-electron chi connectivity index (χ0n) is 11.9. The van der Waals surface area contributed by atoms with Gasteiger partial charge in [-0.3, -0.25) is 9.59 Å². The molecule has 2 aromatic carbocycles. The summed E-state index contributed by atoms with van der Waals surface area (Å²) < 4.78 is 72.2. The van der Waals surface area contributed by atoms with Crippen LogP contribution in [0.15, 0.2) is 48.5 Å². The zero-order valence-corrected chi connectivity index (χ0v) is 11.9. The number of alkyl halides is 6. The minimum absolute atomic E-state index is 0.0322. The van der Waals surface area contributed by atoms with Crippen molar-refractivity contribution in [1.29, 1.82) is 0 Å². The van der Waals surface area contributed by atoms with Crippen LogP contribution in [0.4, 0.5) is 26.3 Å². The number of carbonyl (C=O) groups excluding carboxylic acids is 2. The lowest BCUT2D eigenvalue weighted by atomic mass is 10.1. The molecule has 8 heteroatoms. The SMILES string of the molecule is O=Cc1cccc(C(F)(F)F)c1.O=Cc1ccccc1C(F)(F)F.